The average Bonchev–Trinajstić information content (AvgIpc) is 3.62. The topological polar surface area (TPSA) is 81.1 Å². The van der Waals surface area contributed by atoms with Crippen molar-refractivity contribution >= 4 is 29.5 Å². The van der Waals surface area contributed by atoms with E-state index < -0.39 is 12.7 Å². The molecule has 4 rings (SSSR count). The number of pyridine rings is 1. The van der Waals surface area contributed by atoms with E-state index >= 15 is 0 Å². The number of anilines is 1. The van der Waals surface area contributed by atoms with Crippen molar-refractivity contribution in [1.82, 2.24) is 15.2 Å². The number of aromatic nitrogens is 1. The lowest BCUT2D eigenvalue weighted by atomic mass is 9.99. The number of fused-ring (bicyclic) bond motifs is 1. The van der Waals surface area contributed by atoms with Gasteiger partial charge in [0, 0.05) is 66.8 Å². The van der Waals surface area contributed by atoms with Crippen LogP contribution in [0.15, 0.2) is 48.9 Å². The van der Waals surface area contributed by atoms with Crippen LogP contribution in [0, 0.1) is 5.41 Å². The summed E-state index contributed by atoms with van der Waals surface area (Å²) >= 11 is 0. The highest BCUT2D eigenvalue weighted by Gasteiger charge is 2.32. The number of allylic oxidation sites excluding steroid dienone is 1. The van der Waals surface area contributed by atoms with E-state index in [1.54, 1.807) is 36.7 Å². The lowest BCUT2D eigenvalue weighted by Crippen LogP contribution is -2.37. The van der Waals surface area contributed by atoms with E-state index in [4.69, 9.17) is 5.41 Å². The molecule has 1 amide bonds. The van der Waals surface area contributed by atoms with Crippen LogP contribution in [0.2, 0.25) is 0 Å². The van der Waals surface area contributed by atoms with Gasteiger partial charge in [-0.15, -0.1) is 0 Å². The van der Waals surface area contributed by atoms with E-state index in [-0.39, 0.29) is 12.5 Å². The summed E-state index contributed by atoms with van der Waals surface area (Å²) in [4.78, 5) is 18.0. The molecule has 1 saturated carbocycles. The largest absolute Gasteiger partial charge is 0.401 e. The number of hydrogen-bond acceptors (Lipinski definition) is 5. The molecule has 178 valence electrons. The van der Waals surface area contributed by atoms with E-state index in [1.807, 2.05) is 12.3 Å². The van der Waals surface area contributed by atoms with Crippen molar-refractivity contribution in [3.05, 3.63) is 71.2 Å². The SMILES string of the molecule is N=C/C(=C\NC1CC1)c1ccncc1/C=C/C(=O)Nc1ccc2c(c1)CCN(CC(F)(F)F)C2. The maximum atomic E-state index is 12.7. The molecule has 3 N–H and O–H groups in total. The second-order valence-electron chi connectivity index (χ2n) is 8.53. The van der Waals surface area contributed by atoms with E-state index in [9.17, 15) is 18.0 Å². The summed E-state index contributed by atoms with van der Waals surface area (Å²) in [6.07, 6.45) is 7.96. The van der Waals surface area contributed by atoms with E-state index in [0.29, 0.717) is 35.8 Å². The Morgan fingerprint density at radius 3 is 2.79 bits per heavy atom. The normalized spacial score (nSPS) is 16.9. The molecule has 1 aromatic heterocycles. The molecule has 34 heavy (non-hydrogen) atoms. The van der Waals surface area contributed by atoms with Gasteiger partial charge in [0.1, 0.15) is 0 Å². The molecule has 1 fully saturated rings. The number of benzene rings is 1. The highest BCUT2D eigenvalue weighted by atomic mass is 19.4. The summed E-state index contributed by atoms with van der Waals surface area (Å²) in [5.74, 6) is -0.333. The molecule has 2 heterocycles. The summed E-state index contributed by atoms with van der Waals surface area (Å²) in [6.45, 7) is -0.352. The Bertz CT molecular complexity index is 1120. The van der Waals surface area contributed by atoms with Crippen LogP contribution in [-0.4, -0.2) is 47.3 Å². The molecule has 0 saturated heterocycles. The minimum Gasteiger partial charge on any atom is -0.388 e. The number of nitrogens with one attached hydrogen (secondary N) is 3. The van der Waals surface area contributed by atoms with E-state index in [0.717, 1.165) is 29.5 Å². The van der Waals surface area contributed by atoms with Gasteiger partial charge >= 0.3 is 6.18 Å². The number of hydrogen-bond donors (Lipinski definition) is 3. The molecule has 1 aliphatic heterocycles. The first kappa shape index (κ1) is 23.7. The number of rotatable bonds is 8. The van der Waals surface area contributed by atoms with Crippen molar-refractivity contribution in [2.24, 2.45) is 0 Å². The third kappa shape index (κ3) is 6.54. The Labute approximate surface area is 196 Å². The molecule has 0 spiro atoms. The molecule has 6 nitrogen and oxygen atoms in total. The van der Waals surface area contributed by atoms with Crippen LogP contribution in [0.3, 0.4) is 0 Å². The van der Waals surface area contributed by atoms with Gasteiger partial charge in [-0.05, 0) is 60.2 Å². The van der Waals surface area contributed by atoms with Crippen molar-refractivity contribution < 1.29 is 18.0 Å². The van der Waals surface area contributed by atoms with Crippen LogP contribution in [0.5, 0.6) is 0 Å². The number of carbonyl (C=O) groups is 1. The molecule has 1 aliphatic carbocycles. The van der Waals surface area contributed by atoms with Crippen LogP contribution in [0.25, 0.3) is 11.6 Å². The zero-order chi connectivity index (χ0) is 24.1. The number of halogens is 3. The van der Waals surface area contributed by atoms with Gasteiger partial charge in [-0.25, -0.2) is 0 Å². The maximum Gasteiger partial charge on any atom is 0.401 e. The number of amides is 1. The zero-order valence-corrected chi connectivity index (χ0v) is 18.5. The lowest BCUT2D eigenvalue weighted by Gasteiger charge is -2.29. The van der Waals surface area contributed by atoms with Gasteiger partial charge in [-0.3, -0.25) is 14.7 Å². The molecular weight excluding hydrogens is 443 g/mol. The second-order valence-corrected chi connectivity index (χ2v) is 8.53. The van der Waals surface area contributed by atoms with Crippen molar-refractivity contribution in [3.63, 3.8) is 0 Å². The average molecular weight is 470 g/mol. The molecule has 0 atom stereocenters. The summed E-state index contributed by atoms with van der Waals surface area (Å²) < 4.78 is 38.0. The van der Waals surface area contributed by atoms with Gasteiger partial charge in [0.15, 0.2) is 0 Å². The summed E-state index contributed by atoms with van der Waals surface area (Å²) in [5.41, 5.74) is 4.58. The zero-order valence-electron chi connectivity index (χ0n) is 18.5. The minimum atomic E-state index is -4.21. The minimum absolute atomic E-state index is 0.241. The highest BCUT2D eigenvalue weighted by molar-refractivity contribution is 6.10. The van der Waals surface area contributed by atoms with Gasteiger partial charge < -0.3 is 16.0 Å². The molecule has 0 unspecified atom stereocenters. The summed E-state index contributed by atoms with van der Waals surface area (Å²) in [5, 5.41) is 13.8. The highest BCUT2D eigenvalue weighted by Crippen LogP contribution is 2.26. The van der Waals surface area contributed by atoms with Gasteiger partial charge in [-0.2, -0.15) is 13.2 Å². The van der Waals surface area contributed by atoms with Gasteiger partial charge in [0.2, 0.25) is 5.91 Å². The van der Waals surface area contributed by atoms with Crippen molar-refractivity contribution in [1.29, 1.82) is 5.41 Å². The molecule has 1 aromatic carbocycles. The monoisotopic (exact) mass is 469 g/mol. The Hall–Kier alpha value is -3.46. The lowest BCUT2D eigenvalue weighted by molar-refractivity contribution is -0.147. The Balaban J connectivity index is 1.40. The van der Waals surface area contributed by atoms with Crippen molar-refractivity contribution in [3.8, 4) is 0 Å². The number of alkyl halides is 3. The quantitative estimate of drug-likeness (QED) is 0.396. The molecular formula is C25H26F3N5O. The first-order valence-corrected chi connectivity index (χ1v) is 11.1. The van der Waals surface area contributed by atoms with E-state index in [1.165, 1.54) is 17.2 Å². The smallest absolute Gasteiger partial charge is 0.388 e. The van der Waals surface area contributed by atoms with Gasteiger partial charge in [-0.1, -0.05) is 6.07 Å². The fraction of sp³-hybridized carbons (Fsp3) is 0.320. The summed E-state index contributed by atoms with van der Waals surface area (Å²) in [7, 11) is 0. The van der Waals surface area contributed by atoms with E-state index in [2.05, 4.69) is 15.6 Å². The van der Waals surface area contributed by atoms with Crippen LogP contribution in [-0.2, 0) is 17.8 Å². The molecule has 9 heteroatoms. The first-order chi connectivity index (χ1) is 16.3. The fourth-order valence-corrected chi connectivity index (χ4v) is 3.88. The van der Waals surface area contributed by atoms with Crippen LogP contribution in [0.4, 0.5) is 18.9 Å². The number of nitrogens with zero attached hydrogens (tertiary/aromatic N) is 2. The first-order valence-electron chi connectivity index (χ1n) is 11.1. The Morgan fingerprint density at radius 2 is 2.06 bits per heavy atom. The predicted octanol–water partition coefficient (Wildman–Crippen LogP) is 4.40. The van der Waals surface area contributed by atoms with Crippen LogP contribution in [0.1, 0.15) is 35.1 Å². The standard InChI is InChI=1S/C25H26F3N5O/c26-25(27,28)16-33-10-8-17-11-22(3-1-19(17)15-33)32-24(34)6-2-18-13-30-9-7-23(18)20(12-29)14-31-21-4-5-21/h1-3,6-7,9,11-14,21,29,31H,4-5,8,10,15-16H2,(H,32,34)/b6-2+,20-14+,29-12?. The third-order valence-corrected chi connectivity index (χ3v) is 5.75. The summed E-state index contributed by atoms with van der Waals surface area (Å²) in [6, 6.07) is 7.56. The van der Waals surface area contributed by atoms with Crippen LogP contribution < -0.4 is 10.6 Å². The molecule has 0 radical (unpaired) electrons. The molecule has 0 bridgehead atoms. The fourth-order valence-electron chi connectivity index (χ4n) is 3.88. The predicted molar refractivity (Wildman–Crippen MR) is 126 cm³/mol. The van der Waals surface area contributed by atoms with Crippen LogP contribution >= 0.6 is 0 Å². The Kier molecular flexibility index (Phi) is 7.12. The van der Waals surface area contributed by atoms with Crippen molar-refractivity contribution in [2.75, 3.05) is 18.4 Å². The second kappa shape index (κ2) is 10.2. The van der Waals surface area contributed by atoms with Gasteiger partial charge in [0.25, 0.3) is 0 Å². The van der Waals surface area contributed by atoms with Crippen molar-refractivity contribution in [2.45, 2.75) is 38.0 Å². The number of carbonyl (C=O) groups excluding carboxylic acids is 1. The maximum absolute atomic E-state index is 12.7. The molecule has 2 aromatic rings. The van der Waals surface area contributed by atoms with Gasteiger partial charge in [0.05, 0.1) is 6.54 Å². The third-order valence-electron chi connectivity index (χ3n) is 5.75. The molecule has 2 aliphatic rings. The Morgan fingerprint density at radius 1 is 1.24 bits per heavy atom.